The van der Waals surface area contributed by atoms with Gasteiger partial charge in [0.25, 0.3) is 0 Å². The van der Waals surface area contributed by atoms with Crippen molar-refractivity contribution in [3.05, 3.63) is 57.6 Å². The van der Waals surface area contributed by atoms with E-state index in [1.807, 2.05) is 19.1 Å². The Kier molecular flexibility index (Phi) is 5.51. The molecule has 2 nitrogen and oxygen atoms in total. The minimum atomic E-state index is 0.166. The first-order valence-corrected chi connectivity index (χ1v) is 7.73. The first kappa shape index (κ1) is 16.2. The van der Waals surface area contributed by atoms with Crippen LogP contribution in [0.2, 0.25) is 10.0 Å². The minimum absolute atomic E-state index is 0.166. The molecule has 2 aromatic rings. The summed E-state index contributed by atoms with van der Waals surface area (Å²) in [6.45, 7) is 4.09. The maximum absolute atomic E-state index is 6.15. The van der Waals surface area contributed by atoms with Gasteiger partial charge < -0.3 is 10.5 Å². The van der Waals surface area contributed by atoms with Gasteiger partial charge in [-0.25, -0.2) is 0 Å². The molecule has 2 rings (SSSR count). The van der Waals surface area contributed by atoms with Gasteiger partial charge in [0.1, 0.15) is 11.5 Å². The number of halogens is 2. The first-order chi connectivity index (χ1) is 9.99. The Hall–Kier alpha value is -1.22. The number of aryl methyl sites for hydroxylation is 1. The van der Waals surface area contributed by atoms with Gasteiger partial charge in [0.2, 0.25) is 0 Å². The van der Waals surface area contributed by atoms with E-state index in [4.69, 9.17) is 33.7 Å². The van der Waals surface area contributed by atoms with Crippen LogP contribution in [-0.4, -0.2) is 6.04 Å². The van der Waals surface area contributed by atoms with Gasteiger partial charge in [-0.15, -0.1) is 0 Å². The van der Waals surface area contributed by atoms with Gasteiger partial charge in [0.05, 0.1) is 5.02 Å². The predicted octanol–water partition coefficient (Wildman–Crippen LogP) is 5.37. The summed E-state index contributed by atoms with van der Waals surface area (Å²) in [6.07, 6.45) is 1.79. The van der Waals surface area contributed by atoms with E-state index in [0.717, 1.165) is 29.7 Å². The lowest BCUT2D eigenvalue weighted by Crippen LogP contribution is -2.21. The summed E-state index contributed by atoms with van der Waals surface area (Å²) in [5.74, 6) is 1.39. The SMILES string of the molecule is CCC(N)Cc1ccc(C)c(Oc2ccc(Cl)cc2Cl)c1. The van der Waals surface area contributed by atoms with Crippen molar-refractivity contribution < 1.29 is 4.74 Å². The Morgan fingerprint density at radius 3 is 2.52 bits per heavy atom. The number of nitrogens with two attached hydrogens (primary N) is 1. The Morgan fingerprint density at radius 1 is 1.10 bits per heavy atom. The molecule has 0 fully saturated rings. The van der Waals surface area contributed by atoms with E-state index in [-0.39, 0.29) is 6.04 Å². The van der Waals surface area contributed by atoms with Crippen LogP contribution >= 0.6 is 23.2 Å². The highest BCUT2D eigenvalue weighted by Crippen LogP contribution is 2.33. The highest BCUT2D eigenvalue weighted by molar-refractivity contribution is 6.35. The fraction of sp³-hybridized carbons (Fsp3) is 0.294. The minimum Gasteiger partial charge on any atom is -0.456 e. The van der Waals surface area contributed by atoms with E-state index in [1.54, 1.807) is 18.2 Å². The van der Waals surface area contributed by atoms with Crippen molar-refractivity contribution in [3.63, 3.8) is 0 Å². The summed E-state index contributed by atoms with van der Waals surface area (Å²) in [6, 6.07) is 11.5. The summed E-state index contributed by atoms with van der Waals surface area (Å²) in [7, 11) is 0. The molecular formula is C17H19Cl2NO. The van der Waals surface area contributed by atoms with E-state index >= 15 is 0 Å². The highest BCUT2D eigenvalue weighted by Gasteiger charge is 2.09. The Labute approximate surface area is 135 Å². The zero-order valence-corrected chi connectivity index (χ0v) is 13.7. The fourth-order valence-corrected chi connectivity index (χ4v) is 2.45. The van der Waals surface area contributed by atoms with E-state index in [9.17, 15) is 0 Å². The number of ether oxygens (including phenoxy) is 1. The molecular weight excluding hydrogens is 305 g/mol. The number of hydrogen-bond donors (Lipinski definition) is 1. The summed E-state index contributed by atoms with van der Waals surface area (Å²) in [5.41, 5.74) is 8.22. The average Bonchev–Trinajstić information content (AvgIpc) is 2.45. The lowest BCUT2D eigenvalue weighted by Gasteiger charge is -2.14. The fourth-order valence-electron chi connectivity index (χ4n) is 2.00. The van der Waals surface area contributed by atoms with Crippen LogP contribution in [0.15, 0.2) is 36.4 Å². The maximum atomic E-state index is 6.15. The molecule has 112 valence electrons. The third-order valence-corrected chi connectivity index (χ3v) is 3.92. The van der Waals surface area contributed by atoms with Crippen LogP contribution in [0, 0.1) is 6.92 Å². The van der Waals surface area contributed by atoms with Crippen molar-refractivity contribution in [2.75, 3.05) is 0 Å². The van der Waals surface area contributed by atoms with Crippen molar-refractivity contribution in [2.45, 2.75) is 32.7 Å². The quantitative estimate of drug-likeness (QED) is 0.802. The molecule has 2 aromatic carbocycles. The van der Waals surface area contributed by atoms with Crippen LogP contribution in [0.1, 0.15) is 24.5 Å². The van der Waals surface area contributed by atoms with Crippen LogP contribution in [0.25, 0.3) is 0 Å². The molecule has 0 heterocycles. The molecule has 0 aromatic heterocycles. The Bertz CT molecular complexity index is 628. The highest BCUT2D eigenvalue weighted by atomic mass is 35.5. The van der Waals surface area contributed by atoms with Crippen LogP contribution in [0.5, 0.6) is 11.5 Å². The normalized spacial score (nSPS) is 12.2. The lowest BCUT2D eigenvalue weighted by atomic mass is 10.0. The molecule has 4 heteroatoms. The van der Waals surface area contributed by atoms with Crippen molar-refractivity contribution >= 4 is 23.2 Å². The van der Waals surface area contributed by atoms with E-state index in [1.165, 1.54) is 0 Å². The van der Waals surface area contributed by atoms with E-state index < -0.39 is 0 Å². The van der Waals surface area contributed by atoms with Crippen molar-refractivity contribution in [2.24, 2.45) is 5.73 Å². The molecule has 1 unspecified atom stereocenters. The number of benzene rings is 2. The summed E-state index contributed by atoms with van der Waals surface area (Å²) in [5, 5.41) is 1.09. The van der Waals surface area contributed by atoms with E-state index in [0.29, 0.717) is 15.8 Å². The largest absolute Gasteiger partial charge is 0.456 e. The molecule has 0 saturated heterocycles. The second-order valence-corrected chi connectivity index (χ2v) is 5.99. The molecule has 0 aliphatic carbocycles. The average molecular weight is 324 g/mol. The van der Waals surface area contributed by atoms with Gasteiger partial charge in [-0.3, -0.25) is 0 Å². The molecule has 0 aliphatic heterocycles. The molecule has 2 N–H and O–H groups in total. The van der Waals surface area contributed by atoms with Gasteiger partial charge in [0.15, 0.2) is 0 Å². The van der Waals surface area contributed by atoms with Crippen LogP contribution in [0.4, 0.5) is 0 Å². The first-order valence-electron chi connectivity index (χ1n) is 6.97. The monoisotopic (exact) mass is 323 g/mol. The molecule has 0 aliphatic rings. The van der Waals surface area contributed by atoms with Gasteiger partial charge in [-0.1, -0.05) is 42.3 Å². The Morgan fingerprint density at radius 2 is 1.86 bits per heavy atom. The molecule has 21 heavy (non-hydrogen) atoms. The van der Waals surface area contributed by atoms with Crippen LogP contribution < -0.4 is 10.5 Å². The summed E-state index contributed by atoms with van der Waals surface area (Å²) in [4.78, 5) is 0. The molecule has 1 atom stereocenters. The van der Waals surface area contributed by atoms with Gasteiger partial charge in [-0.05, 0) is 55.2 Å². The molecule has 0 amide bonds. The number of rotatable bonds is 5. The maximum Gasteiger partial charge on any atom is 0.146 e. The molecule has 0 bridgehead atoms. The topological polar surface area (TPSA) is 35.2 Å². The standard InChI is InChI=1S/C17H19Cl2NO/c1-3-14(20)8-12-5-4-11(2)17(9-12)21-16-7-6-13(18)10-15(16)19/h4-7,9-10,14H,3,8,20H2,1-2H3. The second kappa shape index (κ2) is 7.17. The lowest BCUT2D eigenvalue weighted by molar-refractivity contribution is 0.478. The third kappa shape index (κ3) is 4.37. The van der Waals surface area contributed by atoms with Gasteiger partial charge >= 0.3 is 0 Å². The van der Waals surface area contributed by atoms with Crippen LogP contribution in [-0.2, 0) is 6.42 Å². The number of hydrogen-bond acceptors (Lipinski definition) is 2. The molecule has 0 saturated carbocycles. The zero-order chi connectivity index (χ0) is 15.4. The van der Waals surface area contributed by atoms with Crippen molar-refractivity contribution in [1.29, 1.82) is 0 Å². The smallest absolute Gasteiger partial charge is 0.146 e. The van der Waals surface area contributed by atoms with E-state index in [2.05, 4.69) is 13.0 Å². The van der Waals surface area contributed by atoms with Crippen molar-refractivity contribution in [3.8, 4) is 11.5 Å². The van der Waals surface area contributed by atoms with Gasteiger partial charge in [0, 0.05) is 11.1 Å². The summed E-state index contributed by atoms with van der Waals surface area (Å²) < 4.78 is 5.92. The van der Waals surface area contributed by atoms with Gasteiger partial charge in [-0.2, -0.15) is 0 Å². The summed E-state index contributed by atoms with van der Waals surface area (Å²) >= 11 is 12.0. The Balaban J connectivity index is 2.24. The zero-order valence-electron chi connectivity index (χ0n) is 12.2. The molecule has 0 radical (unpaired) electrons. The molecule has 0 spiro atoms. The van der Waals surface area contributed by atoms with Crippen molar-refractivity contribution in [1.82, 2.24) is 0 Å². The third-order valence-electron chi connectivity index (χ3n) is 3.39. The van der Waals surface area contributed by atoms with Crippen LogP contribution in [0.3, 0.4) is 0 Å². The predicted molar refractivity (Wildman–Crippen MR) is 89.7 cm³/mol. The second-order valence-electron chi connectivity index (χ2n) is 5.15.